The number of nitrogens with one attached hydrogen (secondary N) is 1. The molecule has 1 aromatic carbocycles. The van der Waals surface area contributed by atoms with Gasteiger partial charge in [0.1, 0.15) is 0 Å². The number of rotatable bonds is 11. The normalized spacial score (nSPS) is 15.9. The first-order valence-corrected chi connectivity index (χ1v) is 11.9. The molecule has 0 aliphatic heterocycles. The molecule has 188 valence electrons. The summed E-state index contributed by atoms with van der Waals surface area (Å²) in [5.74, 6) is -3.22. The molecule has 0 saturated heterocycles. The van der Waals surface area contributed by atoms with Crippen molar-refractivity contribution >= 4 is 23.9 Å². The molecular weight excluding hydrogens is 442 g/mol. The van der Waals surface area contributed by atoms with Gasteiger partial charge in [0, 0.05) is 25.3 Å². The summed E-state index contributed by atoms with van der Waals surface area (Å²) in [7, 11) is 0. The smallest absolute Gasteiger partial charge is 0.364 e. The summed E-state index contributed by atoms with van der Waals surface area (Å²) in [5.41, 5.74) is -1.60. The number of carbonyl (C=O) groups is 4. The lowest BCUT2D eigenvalue weighted by Gasteiger charge is -2.34. The van der Waals surface area contributed by atoms with Gasteiger partial charge in [0.25, 0.3) is 5.72 Å². The van der Waals surface area contributed by atoms with Crippen molar-refractivity contribution in [3.63, 3.8) is 0 Å². The zero-order valence-electron chi connectivity index (χ0n) is 20.3. The minimum absolute atomic E-state index is 0.00593. The lowest BCUT2D eigenvalue weighted by molar-refractivity contribution is -0.188. The molecule has 1 saturated carbocycles. The van der Waals surface area contributed by atoms with Crippen LogP contribution in [0.1, 0.15) is 78.2 Å². The first kappa shape index (κ1) is 27.3. The fraction of sp³-hybridized carbons (Fsp3) is 0.600. The van der Waals surface area contributed by atoms with E-state index in [-0.39, 0.29) is 42.7 Å². The summed E-state index contributed by atoms with van der Waals surface area (Å²) >= 11 is 0. The summed E-state index contributed by atoms with van der Waals surface area (Å²) < 4.78 is 16.2. The highest BCUT2D eigenvalue weighted by molar-refractivity contribution is 5.83. The summed E-state index contributed by atoms with van der Waals surface area (Å²) in [5, 5.41) is 13.0. The molecule has 2 rings (SSSR count). The average Bonchev–Trinajstić information content (AvgIpc) is 2.80. The quantitative estimate of drug-likeness (QED) is 0.278. The van der Waals surface area contributed by atoms with Crippen LogP contribution in [-0.4, -0.2) is 40.8 Å². The molecule has 0 heterocycles. The van der Waals surface area contributed by atoms with Gasteiger partial charge in [-0.05, 0) is 44.4 Å². The molecule has 0 radical (unpaired) electrons. The molecule has 1 aromatic rings. The van der Waals surface area contributed by atoms with Crippen molar-refractivity contribution in [2.24, 2.45) is 5.92 Å². The number of aliphatic carboxylic acids is 1. The molecule has 1 aliphatic carbocycles. The Morgan fingerprint density at radius 3 is 2.12 bits per heavy atom. The standard InChI is InChI=1S/C25H35NO8/c1-5-21(27)32-19-13-12-17(14-20(19)33-22(28)6-2)15-25(24(30)31,26-16(3)4)34-23(29)18-10-8-7-9-11-18/h12-14,16,18,26H,5-11,15H2,1-4H3,(H,30,31)/t25-/m0/s1. The molecule has 0 aromatic heterocycles. The van der Waals surface area contributed by atoms with E-state index in [1.54, 1.807) is 33.8 Å². The van der Waals surface area contributed by atoms with Crippen LogP contribution < -0.4 is 14.8 Å². The topological polar surface area (TPSA) is 128 Å². The highest BCUT2D eigenvalue weighted by Gasteiger charge is 2.45. The molecular formula is C25H35NO8. The van der Waals surface area contributed by atoms with Crippen LogP contribution in [0.5, 0.6) is 11.5 Å². The van der Waals surface area contributed by atoms with Gasteiger partial charge in [0.15, 0.2) is 11.5 Å². The van der Waals surface area contributed by atoms with E-state index in [1.165, 1.54) is 12.1 Å². The van der Waals surface area contributed by atoms with Crippen LogP contribution in [0.2, 0.25) is 0 Å². The van der Waals surface area contributed by atoms with Crippen molar-refractivity contribution in [3.8, 4) is 11.5 Å². The van der Waals surface area contributed by atoms with E-state index >= 15 is 0 Å². The maximum Gasteiger partial charge on any atom is 0.364 e. The van der Waals surface area contributed by atoms with Gasteiger partial charge in [-0.25, -0.2) is 4.79 Å². The Balaban J connectivity index is 2.40. The first-order chi connectivity index (χ1) is 16.1. The van der Waals surface area contributed by atoms with Crippen molar-refractivity contribution in [1.29, 1.82) is 0 Å². The second-order valence-corrected chi connectivity index (χ2v) is 8.80. The van der Waals surface area contributed by atoms with Gasteiger partial charge in [0.05, 0.1) is 5.92 Å². The maximum absolute atomic E-state index is 12.9. The lowest BCUT2D eigenvalue weighted by atomic mass is 9.89. The lowest BCUT2D eigenvalue weighted by Crippen LogP contribution is -2.59. The number of carbonyl (C=O) groups excluding carboxylic acids is 3. The van der Waals surface area contributed by atoms with E-state index in [4.69, 9.17) is 14.2 Å². The summed E-state index contributed by atoms with van der Waals surface area (Å²) in [6.07, 6.45) is 4.20. The Bertz CT molecular complexity index is 891. The minimum atomic E-state index is -2.02. The molecule has 2 N–H and O–H groups in total. The van der Waals surface area contributed by atoms with Gasteiger partial charge in [-0.3, -0.25) is 19.7 Å². The molecule has 34 heavy (non-hydrogen) atoms. The number of esters is 3. The first-order valence-electron chi connectivity index (χ1n) is 11.9. The van der Waals surface area contributed by atoms with Gasteiger partial charge in [-0.2, -0.15) is 0 Å². The molecule has 9 nitrogen and oxygen atoms in total. The molecule has 1 aliphatic rings. The SMILES string of the molecule is CCC(=O)Oc1ccc(C[C@](NC(C)C)(OC(=O)C2CCCCC2)C(=O)O)cc1OC(=O)CC. The van der Waals surface area contributed by atoms with E-state index in [2.05, 4.69) is 5.32 Å². The predicted octanol–water partition coefficient (Wildman–Crippen LogP) is 3.76. The van der Waals surface area contributed by atoms with E-state index in [9.17, 15) is 24.3 Å². The number of hydrogen-bond acceptors (Lipinski definition) is 8. The summed E-state index contributed by atoms with van der Waals surface area (Å²) in [4.78, 5) is 49.0. The van der Waals surface area contributed by atoms with Crippen LogP contribution in [0.15, 0.2) is 18.2 Å². The number of benzene rings is 1. The molecule has 0 spiro atoms. The van der Waals surface area contributed by atoms with Crippen LogP contribution in [0.3, 0.4) is 0 Å². The predicted molar refractivity (Wildman–Crippen MR) is 123 cm³/mol. The van der Waals surface area contributed by atoms with Crippen LogP contribution >= 0.6 is 0 Å². The molecule has 0 unspecified atom stereocenters. The Kier molecular flexibility index (Phi) is 10.0. The van der Waals surface area contributed by atoms with Crippen molar-refractivity contribution in [2.75, 3.05) is 0 Å². The number of carboxylic acid groups (broad SMARTS) is 1. The van der Waals surface area contributed by atoms with Crippen molar-refractivity contribution in [3.05, 3.63) is 23.8 Å². The van der Waals surface area contributed by atoms with E-state index in [1.807, 2.05) is 0 Å². The molecule has 1 fully saturated rings. The molecule has 1 atom stereocenters. The zero-order valence-corrected chi connectivity index (χ0v) is 20.3. The fourth-order valence-electron chi connectivity index (χ4n) is 3.86. The van der Waals surface area contributed by atoms with Crippen LogP contribution in [0.4, 0.5) is 0 Å². The molecule has 0 amide bonds. The van der Waals surface area contributed by atoms with E-state index in [0.29, 0.717) is 18.4 Å². The van der Waals surface area contributed by atoms with Crippen LogP contribution in [0.25, 0.3) is 0 Å². The summed E-state index contributed by atoms with van der Waals surface area (Å²) in [6, 6.07) is 4.11. The Morgan fingerprint density at radius 2 is 1.59 bits per heavy atom. The second kappa shape index (κ2) is 12.5. The monoisotopic (exact) mass is 477 g/mol. The van der Waals surface area contributed by atoms with E-state index < -0.39 is 29.6 Å². The van der Waals surface area contributed by atoms with Crippen LogP contribution in [-0.2, 0) is 30.3 Å². The molecule has 9 heteroatoms. The minimum Gasteiger partial charge on any atom is -0.477 e. The number of hydrogen-bond donors (Lipinski definition) is 2. The van der Waals surface area contributed by atoms with Gasteiger partial charge in [-0.15, -0.1) is 0 Å². The third-order valence-electron chi connectivity index (χ3n) is 5.57. The Hall–Kier alpha value is -2.94. The number of ether oxygens (including phenoxy) is 3. The Labute approximate surface area is 200 Å². The zero-order chi connectivity index (χ0) is 25.3. The van der Waals surface area contributed by atoms with Gasteiger partial charge in [-0.1, -0.05) is 39.2 Å². The van der Waals surface area contributed by atoms with Gasteiger partial charge in [0.2, 0.25) is 0 Å². The van der Waals surface area contributed by atoms with Crippen molar-refractivity contribution in [1.82, 2.24) is 5.32 Å². The van der Waals surface area contributed by atoms with E-state index in [0.717, 1.165) is 19.3 Å². The Morgan fingerprint density at radius 1 is 1.00 bits per heavy atom. The highest BCUT2D eigenvalue weighted by atomic mass is 16.6. The van der Waals surface area contributed by atoms with Gasteiger partial charge >= 0.3 is 23.9 Å². The van der Waals surface area contributed by atoms with Gasteiger partial charge < -0.3 is 19.3 Å². The molecule has 0 bridgehead atoms. The average molecular weight is 478 g/mol. The van der Waals surface area contributed by atoms with Crippen molar-refractivity contribution < 1.29 is 38.5 Å². The third-order valence-corrected chi connectivity index (χ3v) is 5.57. The maximum atomic E-state index is 12.9. The highest BCUT2D eigenvalue weighted by Crippen LogP contribution is 2.32. The summed E-state index contributed by atoms with van der Waals surface area (Å²) in [6.45, 7) is 6.77. The fourth-order valence-corrected chi connectivity index (χ4v) is 3.86. The largest absolute Gasteiger partial charge is 0.477 e. The van der Waals surface area contributed by atoms with Crippen molar-refractivity contribution in [2.45, 2.75) is 90.8 Å². The van der Waals surface area contributed by atoms with Crippen LogP contribution in [0, 0.1) is 5.92 Å². The second-order valence-electron chi connectivity index (χ2n) is 8.80. The third kappa shape index (κ3) is 7.55. The number of carboxylic acids is 1.